The Hall–Kier alpha value is -4.69. The van der Waals surface area contributed by atoms with Crippen molar-refractivity contribution in [3.8, 4) is 11.4 Å². The van der Waals surface area contributed by atoms with E-state index in [2.05, 4.69) is 10.5 Å². The van der Waals surface area contributed by atoms with Crippen molar-refractivity contribution in [3.05, 3.63) is 130 Å². The summed E-state index contributed by atoms with van der Waals surface area (Å²) in [4.78, 5) is 30.7. The molecule has 0 unspecified atom stereocenters. The molecule has 0 bridgehead atoms. The normalized spacial score (nSPS) is 11.1. The van der Waals surface area contributed by atoms with Crippen molar-refractivity contribution in [2.75, 3.05) is 5.75 Å². The summed E-state index contributed by atoms with van der Waals surface area (Å²) in [6, 6.07) is 32.2. The number of carbonyl (C=O) groups excluding carboxylic acids is 1. The van der Waals surface area contributed by atoms with Gasteiger partial charge in [0.25, 0.3) is 11.5 Å². The third kappa shape index (κ3) is 6.42. The molecule has 0 atom stereocenters. The molecule has 39 heavy (non-hydrogen) atoms. The lowest BCUT2D eigenvalue weighted by atomic mass is 10.2. The molecule has 0 saturated carbocycles. The minimum absolute atomic E-state index is 0.0359. The minimum atomic E-state index is -0.313. The van der Waals surface area contributed by atoms with Crippen LogP contribution in [0.4, 0.5) is 0 Å². The molecule has 0 aliphatic heterocycles. The van der Waals surface area contributed by atoms with Gasteiger partial charge in [0.05, 0.1) is 28.6 Å². The first-order valence-corrected chi connectivity index (χ1v) is 13.4. The van der Waals surface area contributed by atoms with Gasteiger partial charge in [-0.2, -0.15) is 5.10 Å². The van der Waals surface area contributed by atoms with E-state index < -0.39 is 0 Å². The lowest BCUT2D eigenvalue weighted by Crippen LogP contribution is -2.24. The van der Waals surface area contributed by atoms with Gasteiger partial charge < -0.3 is 4.74 Å². The first-order chi connectivity index (χ1) is 19.1. The van der Waals surface area contributed by atoms with Crippen LogP contribution in [0.2, 0.25) is 0 Å². The zero-order valence-corrected chi connectivity index (χ0v) is 22.1. The molecule has 4 aromatic carbocycles. The number of hydrogen-bond acceptors (Lipinski definition) is 6. The van der Waals surface area contributed by atoms with E-state index >= 15 is 0 Å². The molecule has 5 aromatic rings. The van der Waals surface area contributed by atoms with E-state index in [1.165, 1.54) is 11.8 Å². The number of aromatic nitrogens is 2. The number of aryl methyl sites for hydroxylation is 1. The van der Waals surface area contributed by atoms with Crippen LogP contribution in [0, 0.1) is 6.92 Å². The second kappa shape index (κ2) is 12.2. The van der Waals surface area contributed by atoms with Gasteiger partial charge in [-0.1, -0.05) is 84.6 Å². The van der Waals surface area contributed by atoms with Crippen molar-refractivity contribution < 1.29 is 9.53 Å². The average Bonchev–Trinajstić information content (AvgIpc) is 2.96. The van der Waals surface area contributed by atoms with Gasteiger partial charge in [-0.05, 0) is 53.9 Å². The highest BCUT2D eigenvalue weighted by Gasteiger charge is 2.15. The van der Waals surface area contributed by atoms with Crippen LogP contribution in [0.3, 0.4) is 0 Å². The number of fused-ring (bicyclic) bond motifs is 1. The van der Waals surface area contributed by atoms with E-state index in [9.17, 15) is 9.59 Å². The summed E-state index contributed by atoms with van der Waals surface area (Å²) < 4.78 is 7.43. The van der Waals surface area contributed by atoms with Gasteiger partial charge in [0.15, 0.2) is 5.16 Å². The molecule has 0 saturated heterocycles. The summed E-state index contributed by atoms with van der Waals surface area (Å²) in [5.41, 5.74) is 6.50. The second-order valence-corrected chi connectivity index (χ2v) is 9.71. The maximum Gasteiger partial charge on any atom is 0.266 e. The zero-order valence-electron chi connectivity index (χ0n) is 21.3. The standard InChI is InChI=1S/C31H26N4O3S/c1-22-10-5-8-17-28(22)35-30(37)26-15-6-7-16-27(26)33-31(35)39-21-29(36)34-32-19-24-13-9-14-25(18-24)38-20-23-11-3-2-4-12-23/h2-19H,20-21H2,1H3,(H,34,36). The van der Waals surface area contributed by atoms with Crippen molar-refractivity contribution in [2.24, 2.45) is 5.10 Å². The summed E-state index contributed by atoms with van der Waals surface area (Å²) >= 11 is 1.19. The molecular weight excluding hydrogens is 508 g/mol. The average molecular weight is 535 g/mol. The summed E-state index contributed by atoms with van der Waals surface area (Å²) in [5, 5.41) is 5.06. The molecule has 1 N–H and O–H groups in total. The SMILES string of the molecule is Cc1ccccc1-n1c(SCC(=O)NN=Cc2cccc(OCc3ccccc3)c2)nc2ccccc2c1=O. The molecule has 1 amide bonds. The Morgan fingerprint density at radius 3 is 2.59 bits per heavy atom. The van der Waals surface area contributed by atoms with Crippen molar-refractivity contribution in [1.82, 2.24) is 15.0 Å². The Morgan fingerprint density at radius 1 is 0.974 bits per heavy atom. The van der Waals surface area contributed by atoms with Gasteiger partial charge in [-0.25, -0.2) is 10.4 Å². The van der Waals surface area contributed by atoms with E-state index in [0.717, 1.165) is 22.4 Å². The molecule has 0 aliphatic carbocycles. The third-order valence-electron chi connectivity index (χ3n) is 5.94. The summed E-state index contributed by atoms with van der Waals surface area (Å²) in [7, 11) is 0. The molecule has 7 nitrogen and oxygen atoms in total. The van der Waals surface area contributed by atoms with Crippen LogP contribution >= 0.6 is 11.8 Å². The number of ether oxygens (including phenoxy) is 1. The highest BCUT2D eigenvalue weighted by atomic mass is 32.2. The molecular formula is C31H26N4O3S. The number of nitrogens with zero attached hydrogens (tertiary/aromatic N) is 3. The molecule has 0 spiro atoms. The molecule has 0 aliphatic rings. The van der Waals surface area contributed by atoms with Gasteiger partial charge in [-0.3, -0.25) is 14.2 Å². The smallest absolute Gasteiger partial charge is 0.266 e. The van der Waals surface area contributed by atoms with Crippen LogP contribution < -0.4 is 15.7 Å². The van der Waals surface area contributed by atoms with Crippen LogP contribution in [0.5, 0.6) is 5.75 Å². The van der Waals surface area contributed by atoms with Crippen LogP contribution in [0.25, 0.3) is 16.6 Å². The maximum absolute atomic E-state index is 13.4. The summed E-state index contributed by atoms with van der Waals surface area (Å²) in [6.07, 6.45) is 1.56. The highest BCUT2D eigenvalue weighted by Crippen LogP contribution is 2.23. The topological polar surface area (TPSA) is 85.6 Å². The number of carbonyl (C=O) groups is 1. The third-order valence-corrected chi connectivity index (χ3v) is 6.88. The van der Waals surface area contributed by atoms with Crippen molar-refractivity contribution >= 4 is 34.8 Å². The van der Waals surface area contributed by atoms with Gasteiger partial charge in [-0.15, -0.1) is 0 Å². The minimum Gasteiger partial charge on any atom is -0.489 e. The molecule has 5 rings (SSSR count). The molecule has 0 radical (unpaired) electrons. The predicted molar refractivity (Wildman–Crippen MR) is 156 cm³/mol. The zero-order chi connectivity index (χ0) is 27.0. The number of thioether (sulfide) groups is 1. The van der Waals surface area contributed by atoms with Gasteiger partial charge in [0.2, 0.25) is 0 Å². The number of amides is 1. The second-order valence-electron chi connectivity index (χ2n) is 8.77. The Kier molecular flexibility index (Phi) is 8.14. The fraction of sp³-hybridized carbons (Fsp3) is 0.0968. The predicted octanol–water partition coefficient (Wildman–Crippen LogP) is 5.52. The number of hydrazone groups is 1. The number of para-hydroxylation sites is 2. The van der Waals surface area contributed by atoms with Crippen LogP contribution in [0.15, 0.2) is 118 Å². The summed E-state index contributed by atoms with van der Waals surface area (Å²) in [5.74, 6) is 0.432. The highest BCUT2D eigenvalue weighted by molar-refractivity contribution is 7.99. The number of rotatable bonds is 9. The monoisotopic (exact) mass is 534 g/mol. The fourth-order valence-corrected chi connectivity index (χ4v) is 4.80. The van der Waals surface area contributed by atoms with E-state index in [1.807, 2.05) is 97.9 Å². The summed E-state index contributed by atoms with van der Waals surface area (Å²) in [6.45, 7) is 2.40. The Bertz CT molecular complexity index is 1700. The maximum atomic E-state index is 13.4. The molecule has 1 heterocycles. The molecule has 194 valence electrons. The lowest BCUT2D eigenvalue weighted by molar-refractivity contribution is -0.118. The quantitative estimate of drug-likeness (QED) is 0.117. The molecule has 8 heteroatoms. The van der Waals surface area contributed by atoms with Crippen molar-refractivity contribution in [3.63, 3.8) is 0 Å². The molecule has 1 aromatic heterocycles. The van der Waals surface area contributed by atoms with Crippen molar-refractivity contribution in [1.29, 1.82) is 0 Å². The van der Waals surface area contributed by atoms with Gasteiger partial charge in [0.1, 0.15) is 12.4 Å². The fourth-order valence-electron chi connectivity index (χ4n) is 4.00. The lowest BCUT2D eigenvalue weighted by Gasteiger charge is -2.14. The van der Waals surface area contributed by atoms with E-state index in [0.29, 0.717) is 28.4 Å². The number of benzene rings is 4. The van der Waals surface area contributed by atoms with E-state index in [1.54, 1.807) is 22.9 Å². The van der Waals surface area contributed by atoms with E-state index in [4.69, 9.17) is 9.72 Å². The first-order valence-electron chi connectivity index (χ1n) is 12.4. The number of hydrogen-bond donors (Lipinski definition) is 1. The first kappa shape index (κ1) is 25.9. The van der Waals surface area contributed by atoms with Crippen LogP contribution in [0.1, 0.15) is 16.7 Å². The van der Waals surface area contributed by atoms with Gasteiger partial charge >= 0.3 is 0 Å². The van der Waals surface area contributed by atoms with Crippen LogP contribution in [-0.2, 0) is 11.4 Å². The molecule has 0 fully saturated rings. The Labute approximate surface area is 230 Å². The van der Waals surface area contributed by atoms with Gasteiger partial charge in [0, 0.05) is 0 Å². The number of nitrogens with one attached hydrogen (secondary N) is 1. The Morgan fingerprint density at radius 2 is 1.74 bits per heavy atom. The van der Waals surface area contributed by atoms with Crippen LogP contribution in [-0.4, -0.2) is 27.4 Å². The van der Waals surface area contributed by atoms with Crippen molar-refractivity contribution in [2.45, 2.75) is 18.7 Å². The largest absolute Gasteiger partial charge is 0.489 e. The van der Waals surface area contributed by atoms with E-state index in [-0.39, 0.29) is 17.2 Å². The Balaban J connectivity index is 1.26.